The Kier molecular flexibility index (Phi) is 3.92. The molecule has 0 bridgehead atoms. The van der Waals surface area contributed by atoms with Gasteiger partial charge in [-0.15, -0.1) is 0 Å². The van der Waals surface area contributed by atoms with Crippen molar-refractivity contribution in [3.8, 4) is 0 Å². The van der Waals surface area contributed by atoms with Crippen LogP contribution >= 0.6 is 11.5 Å². The summed E-state index contributed by atoms with van der Waals surface area (Å²) in [5, 5.41) is 3.57. The Morgan fingerprint density at radius 2 is 2.57 bits per heavy atom. The highest BCUT2D eigenvalue weighted by Crippen LogP contribution is 2.05. The highest BCUT2D eigenvalue weighted by atomic mass is 32.1. The largest absolute Gasteiger partial charge is 0.392 e. The molecule has 1 rings (SSSR count). The zero-order valence-corrected chi connectivity index (χ0v) is 7.83. The van der Waals surface area contributed by atoms with E-state index in [0.717, 1.165) is 11.5 Å². The number of rotatable bonds is 5. The zero-order valence-electron chi connectivity index (χ0n) is 7.01. The summed E-state index contributed by atoms with van der Waals surface area (Å²) in [4.78, 5) is 18.7. The van der Waals surface area contributed by atoms with E-state index in [1.807, 2.05) is 0 Å². The molecule has 8 heteroatoms. The van der Waals surface area contributed by atoms with Crippen molar-refractivity contribution in [1.82, 2.24) is 9.36 Å². The minimum Gasteiger partial charge on any atom is -0.392 e. The van der Waals surface area contributed by atoms with Gasteiger partial charge >= 0.3 is 0 Å². The van der Waals surface area contributed by atoms with E-state index >= 15 is 0 Å². The maximum Gasteiger partial charge on any atom is 0.200 e. The second kappa shape index (κ2) is 5.22. The molecule has 14 heavy (non-hydrogen) atoms. The summed E-state index contributed by atoms with van der Waals surface area (Å²) < 4.78 is 15.4. The number of carbonyl (C=O) groups excluding carboxylic acids is 1. The first-order valence-electron chi connectivity index (χ1n) is 3.58. The average Bonchev–Trinajstić information content (AvgIpc) is 2.60. The highest BCUT2D eigenvalue weighted by Gasteiger charge is 2.09. The molecule has 76 valence electrons. The van der Waals surface area contributed by atoms with E-state index in [0.29, 0.717) is 6.29 Å². The first-order valence-corrected chi connectivity index (χ1v) is 4.36. The molecule has 0 atom stereocenters. The fourth-order valence-electron chi connectivity index (χ4n) is 0.604. The minimum atomic E-state index is -0.678. The van der Waals surface area contributed by atoms with Crippen LogP contribution in [-0.4, -0.2) is 34.6 Å². The summed E-state index contributed by atoms with van der Waals surface area (Å²) in [6.45, 7) is -0.890. The van der Waals surface area contributed by atoms with E-state index in [2.05, 4.69) is 19.4 Å². The lowest BCUT2D eigenvalue weighted by Gasteiger charge is -1.94. The number of hydrogen-bond donors (Lipinski definition) is 1. The number of nitrogens with two attached hydrogens (primary N) is 1. The van der Waals surface area contributed by atoms with Crippen molar-refractivity contribution in [3.63, 3.8) is 0 Å². The summed E-state index contributed by atoms with van der Waals surface area (Å²) in [6.07, 6.45) is 0.416. The lowest BCUT2D eigenvalue weighted by Crippen LogP contribution is -2.06. The Hall–Kier alpha value is -1.57. The molecule has 0 spiro atoms. The van der Waals surface area contributed by atoms with Crippen LogP contribution in [0.2, 0.25) is 0 Å². The van der Waals surface area contributed by atoms with Gasteiger partial charge in [-0.05, 0) is 0 Å². The molecule has 0 unspecified atom stereocenters. The Bertz CT molecular complexity index is 340. The number of aldehydes is 1. The number of anilines is 1. The summed E-state index contributed by atoms with van der Waals surface area (Å²) >= 11 is 0.935. The van der Waals surface area contributed by atoms with Crippen molar-refractivity contribution >= 4 is 28.7 Å². The third kappa shape index (κ3) is 2.73. The summed E-state index contributed by atoms with van der Waals surface area (Å²) in [6, 6.07) is 0. The summed E-state index contributed by atoms with van der Waals surface area (Å²) in [5.41, 5.74) is 5.19. The highest BCUT2D eigenvalue weighted by molar-refractivity contribution is 7.09. The van der Waals surface area contributed by atoms with Crippen LogP contribution in [0, 0.1) is 0 Å². The van der Waals surface area contributed by atoms with Crippen molar-refractivity contribution in [3.05, 3.63) is 5.82 Å². The maximum atomic E-state index is 11.6. The van der Waals surface area contributed by atoms with E-state index in [1.54, 1.807) is 0 Å². The molecule has 0 aliphatic rings. The number of aromatic nitrogens is 2. The molecule has 1 aromatic heterocycles. The number of oxime groups is 1. The second-order valence-electron chi connectivity index (χ2n) is 2.07. The molecule has 0 fully saturated rings. The molecule has 0 saturated carbocycles. The summed E-state index contributed by atoms with van der Waals surface area (Å²) in [7, 11) is 0. The predicted molar refractivity (Wildman–Crippen MR) is 48.8 cm³/mol. The Labute approximate surface area is 82.7 Å². The van der Waals surface area contributed by atoms with Crippen LogP contribution in [0.15, 0.2) is 5.16 Å². The molecule has 0 radical (unpaired) electrons. The van der Waals surface area contributed by atoms with Crippen LogP contribution in [0.25, 0.3) is 0 Å². The average molecular weight is 218 g/mol. The van der Waals surface area contributed by atoms with Gasteiger partial charge in [0.2, 0.25) is 0 Å². The van der Waals surface area contributed by atoms with Gasteiger partial charge in [-0.1, -0.05) is 5.16 Å². The fourth-order valence-corrected chi connectivity index (χ4v) is 1.05. The van der Waals surface area contributed by atoms with Gasteiger partial charge in [0.1, 0.15) is 13.3 Å². The number of halogens is 1. The molecule has 0 aromatic carbocycles. The zero-order chi connectivity index (χ0) is 10.4. The van der Waals surface area contributed by atoms with Crippen LogP contribution in [0.3, 0.4) is 0 Å². The SMILES string of the molecule is Nc1nc(/C(C=O)=N/OCCF)ns1. The normalized spacial score (nSPS) is 11.4. The van der Waals surface area contributed by atoms with Gasteiger partial charge in [-0.2, -0.15) is 9.36 Å². The molecule has 0 aliphatic heterocycles. The monoisotopic (exact) mass is 218 g/mol. The quantitative estimate of drug-likeness (QED) is 0.325. The molecular weight excluding hydrogens is 211 g/mol. The van der Waals surface area contributed by atoms with Crippen molar-refractivity contribution in [2.45, 2.75) is 0 Å². The topological polar surface area (TPSA) is 90.5 Å². The molecule has 0 amide bonds. The van der Waals surface area contributed by atoms with E-state index in [4.69, 9.17) is 5.73 Å². The number of alkyl halides is 1. The molecular formula is C6H7FN4O2S. The van der Waals surface area contributed by atoms with Gasteiger partial charge in [-0.25, -0.2) is 4.39 Å². The van der Waals surface area contributed by atoms with Crippen LogP contribution in [0.4, 0.5) is 9.52 Å². The predicted octanol–water partition coefficient (Wildman–Crippen LogP) is 0.00940. The van der Waals surface area contributed by atoms with Gasteiger partial charge in [0.25, 0.3) is 0 Å². The lowest BCUT2D eigenvalue weighted by molar-refractivity contribution is -0.102. The van der Waals surface area contributed by atoms with E-state index < -0.39 is 6.67 Å². The van der Waals surface area contributed by atoms with Crippen molar-refractivity contribution in [2.24, 2.45) is 5.16 Å². The molecule has 1 aromatic rings. The molecule has 1 heterocycles. The number of nitrogens with zero attached hydrogens (tertiary/aromatic N) is 3. The molecule has 6 nitrogen and oxygen atoms in total. The maximum absolute atomic E-state index is 11.6. The lowest BCUT2D eigenvalue weighted by atomic mass is 10.4. The van der Waals surface area contributed by atoms with Gasteiger partial charge in [0.05, 0.1) is 0 Å². The van der Waals surface area contributed by atoms with Gasteiger partial charge in [0, 0.05) is 11.5 Å². The Morgan fingerprint density at radius 3 is 3.07 bits per heavy atom. The Balaban J connectivity index is 2.71. The first-order chi connectivity index (χ1) is 6.77. The molecule has 2 N–H and O–H groups in total. The van der Waals surface area contributed by atoms with Crippen LogP contribution in [0.1, 0.15) is 5.82 Å². The number of hydrogen-bond acceptors (Lipinski definition) is 7. The van der Waals surface area contributed by atoms with Gasteiger partial charge < -0.3 is 10.6 Å². The van der Waals surface area contributed by atoms with Crippen molar-refractivity contribution in [1.29, 1.82) is 0 Å². The second-order valence-corrected chi connectivity index (χ2v) is 2.86. The standard InChI is InChI=1S/C6H7FN4O2S/c7-1-2-13-10-4(3-12)5-9-6(8)14-11-5/h3H,1-2H2,(H2,8,9,11)/b10-4+. The van der Waals surface area contributed by atoms with Gasteiger partial charge in [0.15, 0.2) is 23.0 Å². The van der Waals surface area contributed by atoms with Crippen LogP contribution in [0.5, 0.6) is 0 Å². The van der Waals surface area contributed by atoms with Crippen molar-refractivity contribution < 1.29 is 14.0 Å². The van der Waals surface area contributed by atoms with E-state index in [1.165, 1.54) is 0 Å². The first kappa shape index (κ1) is 10.5. The van der Waals surface area contributed by atoms with Crippen LogP contribution in [-0.2, 0) is 9.63 Å². The van der Waals surface area contributed by atoms with E-state index in [-0.39, 0.29) is 23.3 Å². The van der Waals surface area contributed by atoms with E-state index in [9.17, 15) is 9.18 Å². The molecule has 0 saturated heterocycles. The fraction of sp³-hybridized carbons (Fsp3) is 0.333. The smallest absolute Gasteiger partial charge is 0.200 e. The molecule has 0 aliphatic carbocycles. The number of nitrogen functional groups attached to an aromatic ring is 1. The Morgan fingerprint density at radius 1 is 1.79 bits per heavy atom. The number of carbonyl (C=O) groups is 1. The summed E-state index contributed by atoms with van der Waals surface area (Å²) in [5.74, 6) is 0.0846. The third-order valence-corrected chi connectivity index (χ3v) is 1.66. The van der Waals surface area contributed by atoms with Crippen LogP contribution < -0.4 is 5.73 Å². The van der Waals surface area contributed by atoms with Crippen molar-refractivity contribution in [2.75, 3.05) is 19.0 Å². The van der Waals surface area contributed by atoms with Gasteiger partial charge in [-0.3, -0.25) is 4.79 Å². The minimum absolute atomic E-state index is 0.0846. The third-order valence-electron chi connectivity index (χ3n) is 1.11.